The number of sulfonamides is 1. The smallest absolute Gasteiger partial charge is 0.342 e. The van der Waals surface area contributed by atoms with Gasteiger partial charge in [-0.25, -0.2) is 17.8 Å². The Kier molecular flexibility index (Phi) is 6.99. The van der Waals surface area contributed by atoms with Crippen molar-refractivity contribution in [3.8, 4) is 5.69 Å². The quantitative estimate of drug-likeness (QED) is 0.701. The number of rotatable bonds is 6. The van der Waals surface area contributed by atoms with Crippen molar-refractivity contribution in [1.29, 1.82) is 0 Å². The third kappa shape index (κ3) is 5.89. The number of nitrogens with one attached hydrogen (secondary N) is 1. The van der Waals surface area contributed by atoms with Crippen LogP contribution in [-0.4, -0.2) is 54.9 Å². The predicted octanol–water partition coefficient (Wildman–Crippen LogP) is 2.84. The van der Waals surface area contributed by atoms with Crippen molar-refractivity contribution < 1.29 is 26.4 Å². The molecule has 0 radical (unpaired) electrons. The minimum Gasteiger partial charge on any atom is -0.342 e. The Labute approximate surface area is 185 Å². The molecule has 1 aliphatic heterocycles. The summed E-state index contributed by atoms with van der Waals surface area (Å²) < 4.78 is 65.8. The minimum absolute atomic E-state index is 0.0393. The highest BCUT2D eigenvalue weighted by Gasteiger charge is 2.31. The van der Waals surface area contributed by atoms with Crippen LogP contribution in [-0.2, 0) is 27.4 Å². The standard InChI is InChI=1S/C21H27F3N4O3S/c1-14-19(11-20(29)27-9-5-6-16(13-27)12-25-32(3,30)31)15(2)28(26-14)18-8-4-7-17(10-18)21(22,23)24/h4,7-8,10,16,25H,5-6,9,11-13H2,1-3H3. The summed E-state index contributed by atoms with van der Waals surface area (Å²) in [5.74, 6) is -0.0682. The van der Waals surface area contributed by atoms with Crippen LogP contribution in [0.25, 0.3) is 5.69 Å². The summed E-state index contributed by atoms with van der Waals surface area (Å²) in [4.78, 5) is 14.7. The van der Waals surface area contributed by atoms with Crippen LogP contribution >= 0.6 is 0 Å². The molecule has 0 spiro atoms. The molecule has 7 nitrogen and oxygen atoms in total. The Hall–Kier alpha value is -2.40. The summed E-state index contributed by atoms with van der Waals surface area (Å²) in [7, 11) is -3.29. The van der Waals surface area contributed by atoms with E-state index in [1.165, 1.54) is 10.7 Å². The molecule has 1 saturated heterocycles. The van der Waals surface area contributed by atoms with Crippen molar-refractivity contribution in [3.05, 3.63) is 46.8 Å². The average Bonchev–Trinajstić information content (AvgIpc) is 2.99. The Bertz CT molecular complexity index is 1100. The SMILES string of the molecule is Cc1nn(-c2cccc(C(F)(F)F)c2)c(C)c1CC(=O)N1CCCC(CNS(C)(=O)=O)C1. The predicted molar refractivity (Wildman–Crippen MR) is 114 cm³/mol. The van der Waals surface area contributed by atoms with Gasteiger partial charge in [0.1, 0.15) is 0 Å². The number of nitrogens with zero attached hydrogens (tertiary/aromatic N) is 3. The number of carbonyl (C=O) groups excluding carboxylic acids is 1. The fraction of sp³-hybridized carbons (Fsp3) is 0.524. The van der Waals surface area contributed by atoms with E-state index in [0.29, 0.717) is 30.0 Å². The Morgan fingerprint density at radius 3 is 2.66 bits per heavy atom. The van der Waals surface area contributed by atoms with E-state index in [9.17, 15) is 26.4 Å². The van der Waals surface area contributed by atoms with Crippen LogP contribution in [0.4, 0.5) is 13.2 Å². The van der Waals surface area contributed by atoms with E-state index in [2.05, 4.69) is 9.82 Å². The van der Waals surface area contributed by atoms with Gasteiger partial charge in [-0.3, -0.25) is 4.79 Å². The second-order valence-corrected chi connectivity index (χ2v) is 10.1. The number of halogens is 3. The molecule has 1 unspecified atom stereocenters. The Morgan fingerprint density at radius 2 is 2.00 bits per heavy atom. The van der Waals surface area contributed by atoms with Gasteiger partial charge in [-0.05, 0) is 50.8 Å². The van der Waals surface area contributed by atoms with Crippen molar-refractivity contribution >= 4 is 15.9 Å². The first-order valence-electron chi connectivity index (χ1n) is 10.3. The summed E-state index contributed by atoms with van der Waals surface area (Å²) in [6.07, 6.45) is -1.65. The number of amides is 1. The topological polar surface area (TPSA) is 84.3 Å². The molecule has 0 saturated carbocycles. The number of aryl methyl sites for hydroxylation is 1. The van der Waals surface area contributed by atoms with Gasteiger partial charge in [-0.1, -0.05) is 6.07 Å². The van der Waals surface area contributed by atoms with Gasteiger partial charge in [-0.2, -0.15) is 18.3 Å². The molecule has 1 atom stereocenters. The zero-order valence-electron chi connectivity index (χ0n) is 18.2. The fourth-order valence-corrected chi connectivity index (χ4v) is 4.53. The van der Waals surface area contributed by atoms with Crippen LogP contribution in [0, 0.1) is 19.8 Å². The van der Waals surface area contributed by atoms with E-state index >= 15 is 0 Å². The van der Waals surface area contributed by atoms with Crippen molar-refractivity contribution in [3.63, 3.8) is 0 Å². The highest BCUT2D eigenvalue weighted by Crippen LogP contribution is 2.31. The molecular formula is C21H27F3N4O3S. The molecule has 1 fully saturated rings. The van der Waals surface area contributed by atoms with Crippen LogP contribution in [0.1, 0.15) is 35.4 Å². The van der Waals surface area contributed by atoms with Crippen LogP contribution in [0.15, 0.2) is 24.3 Å². The van der Waals surface area contributed by atoms with Crippen LogP contribution in [0.3, 0.4) is 0 Å². The highest BCUT2D eigenvalue weighted by molar-refractivity contribution is 7.88. The van der Waals surface area contributed by atoms with Crippen molar-refractivity contribution in [2.45, 2.75) is 39.3 Å². The van der Waals surface area contributed by atoms with Gasteiger partial charge in [0, 0.05) is 30.9 Å². The second kappa shape index (κ2) is 9.22. The molecule has 0 bridgehead atoms. The number of benzene rings is 1. The molecule has 0 aliphatic carbocycles. The molecule has 2 aromatic rings. The monoisotopic (exact) mass is 472 g/mol. The summed E-state index contributed by atoms with van der Waals surface area (Å²) in [5.41, 5.74) is 1.40. The van der Waals surface area contributed by atoms with Gasteiger partial charge >= 0.3 is 6.18 Å². The minimum atomic E-state index is -4.46. The van der Waals surface area contributed by atoms with Crippen molar-refractivity contribution in [1.82, 2.24) is 19.4 Å². The van der Waals surface area contributed by atoms with Crippen molar-refractivity contribution in [2.24, 2.45) is 5.92 Å². The fourth-order valence-electron chi connectivity index (χ4n) is 3.99. The van der Waals surface area contributed by atoms with Crippen LogP contribution in [0.2, 0.25) is 0 Å². The molecule has 2 heterocycles. The number of carbonyl (C=O) groups is 1. The molecule has 1 aromatic heterocycles. The van der Waals surface area contributed by atoms with E-state index in [1.807, 2.05) is 0 Å². The number of hydrogen-bond donors (Lipinski definition) is 1. The maximum Gasteiger partial charge on any atom is 0.416 e. The van der Waals surface area contributed by atoms with Gasteiger partial charge in [-0.15, -0.1) is 0 Å². The lowest BCUT2D eigenvalue weighted by Gasteiger charge is -2.33. The first-order chi connectivity index (χ1) is 14.8. The lowest BCUT2D eigenvalue weighted by atomic mass is 9.97. The molecule has 11 heteroatoms. The average molecular weight is 473 g/mol. The van der Waals surface area contributed by atoms with Gasteiger partial charge in [0.2, 0.25) is 15.9 Å². The zero-order chi connectivity index (χ0) is 23.7. The lowest BCUT2D eigenvalue weighted by Crippen LogP contribution is -2.44. The number of likely N-dealkylation sites (tertiary alicyclic amines) is 1. The molecule has 32 heavy (non-hydrogen) atoms. The van der Waals surface area contributed by atoms with Crippen LogP contribution in [0.5, 0.6) is 0 Å². The van der Waals surface area contributed by atoms with E-state index in [-0.39, 0.29) is 30.5 Å². The van der Waals surface area contributed by atoms with Crippen LogP contribution < -0.4 is 4.72 Å². The Morgan fingerprint density at radius 1 is 1.28 bits per heavy atom. The normalized spacial score (nSPS) is 17.6. The summed E-state index contributed by atoms with van der Waals surface area (Å²) in [6.45, 7) is 4.80. The van der Waals surface area contributed by atoms with E-state index in [1.54, 1.807) is 24.8 Å². The van der Waals surface area contributed by atoms with Crippen molar-refractivity contribution in [2.75, 3.05) is 25.9 Å². The third-order valence-corrected chi connectivity index (χ3v) is 6.38. The first kappa shape index (κ1) is 24.2. The van der Waals surface area contributed by atoms with E-state index in [0.717, 1.165) is 31.2 Å². The molecule has 1 amide bonds. The molecule has 1 aromatic carbocycles. The molecule has 1 aliphatic rings. The number of hydrogen-bond acceptors (Lipinski definition) is 4. The van der Waals surface area contributed by atoms with Gasteiger partial charge < -0.3 is 4.90 Å². The van der Waals surface area contributed by atoms with Gasteiger partial charge in [0.25, 0.3) is 0 Å². The van der Waals surface area contributed by atoms with E-state index in [4.69, 9.17) is 0 Å². The maximum atomic E-state index is 13.1. The third-order valence-electron chi connectivity index (χ3n) is 5.69. The molecule has 176 valence electrons. The van der Waals surface area contributed by atoms with Gasteiger partial charge in [0.05, 0.1) is 29.6 Å². The summed E-state index contributed by atoms with van der Waals surface area (Å²) in [5, 5.41) is 4.38. The molecule has 1 N–H and O–H groups in total. The zero-order valence-corrected chi connectivity index (χ0v) is 19.1. The summed E-state index contributed by atoms with van der Waals surface area (Å²) in [6, 6.07) is 4.92. The largest absolute Gasteiger partial charge is 0.416 e. The van der Waals surface area contributed by atoms with Gasteiger partial charge in [0.15, 0.2) is 0 Å². The number of alkyl halides is 3. The Balaban J connectivity index is 1.75. The number of piperidine rings is 1. The first-order valence-corrected chi connectivity index (χ1v) is 12.2. The molecule has 3 rings (SSSR count). The maximum absolute atomic E-state index is 13.1. The lowest BCUT2D eigenvalue weighted by molar-refractivity contribution is -0.137. The number of aromatic nitrogens is 2. The van der Waals surface area contributed by atoms with E-state index < -0.39 is 21.8 Å². The highest BCUT2D eigenvalue weighted by atomic mass is 32.2. The second-order valence-electron chi connectivity index (χ2n) is 8.25. The molecular weight excluding hydrogens is 445 g/mol. The summed E-state index contributed by atoms with van der Waals surface area (Å²) >= 11 is 0.